The Balaban J connectivity index is 1.94. The molecule has 150 valence electrons. The molecule has 1 N–H and O–H groups in total. The number of nitrogens with one attached hydrogen (secondary N) is 1. The fourth-order valence-electron chi connectivity index (χ4n) is 3.08. The van der Waals surface area contributed by atoms with Crippen LogP contribution in [-0.2, 0) is 9.59 Å². The summed E-state index contributed by atoms with van der Waals surface area (Å²) in [5.74, 6) is 0.709. The third kappa shape index (κ3) is 5.84. The summed E-state index contributed by atoms with van der Waals surface area (Å²) in [6.45, 7) is 10.5. The van der Waals surface area contributed by atoms with Crippen LogP contribution in [0.25, 0.3) is 0 Å². The quantitative estimate of drug-likeness (QED) is 0.751. The SMILES string of the molecule is CC(=O)N(CCNC(=O)COc1ccc(C)cc1)c1c(C)cccc1C(C)C. The summed E-state index contributed by atoms with van der Waals surface area (Å²) in [6.07, 6.45) is 0. The number of anilines is 1. The Morgan fingerprint density at radius 3 is 2.36 bits per heavy atom. The van der Waals surface area contributed by atoms with Gasteiger partial charge in [-0.3, -0.25) is 9.59 Å². The maximum atomic E-state index is 12.3. The van der Waals surface area contributed by atoms with Crippen molar-refractivity contribution in [1.29, 1.82) is 0 Å². The number of hydrogen-bond donors (Lipinski definition) is 1. The highest BCUT2D eigenvalue weighted by atomic mass is 16.5. The molecule has 0 aliphatic rings. The molecule has 0 atom stereocenters. The monoisotopic (exact) mass is 382 g/mol. The molecule has 0 saturated heterocycles. The molecule has 0 saturated carbocycles. The fourth-order valence-corrected chi connectivity index (χ4v) is 3.08. The predicted molar refractivity (Wildman–Crippen MR) is 113 cm³/mol. The van der Waals surface area contributed by atoms with E-state index in [0.717, 1.165) is 22.4 Å². The maximum Gasteiger partial charge on any atom is 0.258 e. The summed E-state index contributed by atoms with van der Waals surface area (Å²) < 4.78 is 5.49. The molecule has 0 aromatic heterocycles. The third-order valence-electron chi connectivity index (χ3n) is 4.59. The van der Waals surface area contributed by atoms with E-state index in [1.807, 2.05) is 50.2 Å². The van der Waals surface area contributed by atoms with Gasteiger partial charge in [-0.15, -0.1) is 0 Å². The summed E-state index contributed by atoms with van der Waals surface area (Å²) in [7, 11) is 0. The second-order valence-electron chi connectivity index (χ2n) is 7.29. The van der Waals surface area contributed by atoms with E-state index in [1.54, 1.807) is 11.8 Å². The molecule has 0 radical (unpaired) electrons. The summed E-state index contributed by atoms with van der Waals surface area (Å²) in [6, 6.07) is 13.6. The molecule has 0 heterocycles. The molecule has 0 bridgehead atoms. The molecule has 2 aromatic carbocycles. The standard InChI is InChI=1S/C23H30N2O3/c1-16(2)21-8-6-7-18(4)23(21)25(19(5)26)14-13-24-22(27)15-28-20-11-9-17(3)10-12-20/h6-12,16H,13-15H2,1-5H3,(H,24,27). The highest BCUT2D eigenvalue weighted by Crippen LogP contribution is 2.30. The topological polar surface area (TPSA) is 58.6 Å². The Bertz CT molecular complexity index is 813. The minimum absolute atomic E-state index is 0.0404. The second-order valence-corrected chi connectivity index (χ2v) is 7.29. The van der Waals surface area contributed by atoms with Gasteiger partial charge >= 0.3 is 0 Å². The first kappa shape index (κ1) is 21.5. The van der Waals surface area contributed by atoms with Gasteiger partial charge in [0.25, 0.3) is 5.91 Å². The Kier molecular flexibility index (Phi) is 7.61. The lowest BCUT2D eigenvalue weighted by Gasteiger charge is -2.27. The molecule has 0 spiro atoms. The molecular weight excluding hydrogens is 352 g/mol. The number of para-hydroxylation sites is 1. The van der Waals surface area contributed by atoms with E-state index < -0.39 is 0 Å². The van der Waals surface area contributed by atoms with Crippen molar-refractivity contribution in [1.82, 2.24) is 5.32 Å². The third-order valence-corrected chi connectivity index (χ3v) is 4.59. The predicted octanol–water partition coefficient (Wildman–Crippen LogP) is 3.97. The van der Waals surface area contributed by atoms with Crippen LogP contribution in [-0.4, -0.2) is 31.5 Å². The number of hydrogen-bond acceptors (Lipinski definition) is 3. The summed E-state index contributed by atoms with van der Waals surface area (Å²) in [5.41, 5.74) is 4.26. The normalized spacial score (nSPS) is 10.6. The van der Waals surface area contributed by atoms with Crippen molar-refractivity contribution in [3.63, 3.8) is 0 Å². The Morgan fingerprint density at radius 1 is 1.07 bits per heavy atom. The van der Waals surface area contributed by atoms with Crippen LogP contribution in [0.15, 0.2) is 42.5 Å². The van der Waals surface area contributed by atoms with Gasteiger partial charge in [-0.25, -0.2) is 0 Å². The summed E-state index contributed by atoms with van der Waals surface area (Å²) in [4.78, 5) is 26.1. The fraction of sp³-hybridized carbons (Fsp3) is 0.391. The first-order valence-electron chi connectivity index (χ1n) is 9.63. The Labute approximate surface area is 167 Å². The molecule has 0 unspecified atom stereocenters. The number of carbonyl (C=O) groups excluding carboxylic acids is 2. The van der Waals surface area contributed by atoms with Crippen molar-refractivity contribution in [3.05, 3.63) is 59.2 Å². The van der Waals surface area contributed by atoms with Crippen LogP contribution >= 0.6 is 0 Å². The van der Waals surface area contributed by atoms with Crippen LogP contribution < -0.4 is 15.0 Å². The van der Waals surface area contributed by atoms with E-state index in [0.29, 0.717) is 24.8 Å². The number of benzene rings is 2. The zero-order chi connectivity index (χ0) is 20.7. The number of aryl methyl sites for hydroxylation is 2. The molecule has 2 aromatic rings. The van der Waals surface area contributed by atoms with Gasteiger partial charge in [0.15, 0.2) is 6.61 Å². The number of carbonyl (C=O) groups is 2. The highest BCUT2D eigenvalue weighted by molar-refractivity contribution is 5.93. The molecule has 0 aliphatic heterocycles. The maximum absolute atomic E-state index is 12.3. The van der Waals surface area contributed by atoms with Gasteiger partial charge < -0.3 is 15.0 Å². The Morgan fingerprint density at radius 2 is 1.75 bits per heavy atom. The van der Waals surface area contributed by atoms with Crippen LogP contribution in [0.1, 0.15) is 43.4 Å². The van der Waals surface area contributed by atoms with Gasteiger partial charge in [0.1, 0.15) is 5.75 Å². The molecule has 5 heteroatoms. The van der Waals surface area contributed by atoms with E-state index in [9.17, 15) is 9.59 Å². The highest BCUT2D eigenvalue weighted by Gasteiger charge is 2.19. The number of ether oxygens (including phenoxy) is 1. The number of amides is 2. The molecule has 0 aliphatic carbocycles. The second kappa shape index (κ2) is 9.93. The average molecular weight is 383 g/mol. The molecular formula is C23H30N2O3. The largest absolute Gasteiger partial charge is 0.484 e. The van der Waals surface area contributed by atoms with Crippen LogP contribution in [0.4, 0.5) is 5.69 Å². The first-order valence-corrected chi connectivity index (χ1v) is 9.63. The van der Waals surface area contributed by atoms with Gasteiger partial charge in [0, 0.05) is 20.0 Å². The van der Waals surface area contributed by atoms with E-state index in [1.165, 1.54) is 0 Å². The van der Waals surface area contributed by atoms with E-state index in [2.05, 4.69) is 25.2 Å². The molecule has 28 heavy (non-hydrogen) atoms. The van der Waals surface area contributed by atoms with Crippen molar-refractivity contribution in [3.8, 4) is 5.75 Å². The zero-order valence-corrected chi connectivity index (χ0v) is 17.4. The minimum atomic E-state index is -0.210. The van der Waals surface area contributed by atoms with Crippen molar-refractivity contribution in [2.24, 2.45) is 0 Å². The summed E-state index contributed by atoms with van der Waals surface area (Å²) in [5, 5.41) is 2.83. The Hall–Kier alpha value is -2.82. The average Bonchev–Trinajstić information content (AvgIpc) is 2.64. The van der Waals surface area contributed by atoms with E-state index >= 15 is 0 Å². The molecule has 2 amide bonds. The minimum Gasteiger partial charge on any atom is -0.484 e. The molecule has 2 rings (SSSR count). The van der Waals surface area contributed by atoms with Gasteiger partial charge in [0.2, 0.25) is 5.91 Å². The lowest BCUT2D eigenvalue weighted by Crippen LogP contribution is -2.39. The van der Waals surface area contributed by atoms with Crippen LogP contribution in [0, 0.1) is 13.8 Å². The van der Waals surface area contributed by atoms with Crippen LogP contribution in [0.3, 0.4) is 0 Å². The van der Waals surface area contributed by atoms with Crippen molar-refractivity contribution in [2.75, 3.05) is 24.6 Å². The van der Waals surface area contributed by atoms with Gasteiger partial charge in [0.05, 0.1) is 5.69 Å². The van der Waals surface area contributed by atoms with Crippen molar-refractivity contribution in [2.45, 2.75) is 40.5 Å². The van der Waals surface area contributed by atoms with Gasteiger partial charge in [-0.05, 0) is 43.0 Å². The van der Waals surface area contributed by atoms with Crippen molar-refractivity contribution >= 4 is 17.5 Å². The lowest BCUT2D eigenvalue weighted by molar-refractivity contribution is -0.123. The first-order chi connectivity index (χ1) is 13.3. The van der Waals surface area contributed by atoms with E-state index in [-0.39, 0.29) is 18.4 Å². The van der Waals surface area contributed by atoms with Gasteiger partial charge in [-0.2, -0.15) is 0 Å². The summed E-state index contributed by atoms with van der Waals surface area (Å²) >= 11 is 0. The molecule has 0 fully saturated rings. The smallest absolute Gasteiger partial charge is 0.258 e. The van der Waals surface area contributed by atoms with Gasteiger partial charge in [-0.1, -0.05) is 49.7 Å². The molecule has 5 nitrogen and oxygen atoms in total. The van der Waals surface area contributed by atoms with Crippen LogP contribution in [0.2, 0.25) is 0 Å². The zero-order valence-electron chi connectivity index (χ0n) is 17.4. The van der Waals surface area contributed by atoms with E-state index in [4.69, 9.17) is 4.74 Å². The number of nitrogens with zero attached hydrogens (tertiary/aromatic N) is 1. The van der Waals surface area contributed by atoms with Crippen LogP contribution in [0.5, 0.6) is 5.75 Å². The van der Waals surface area contributed by atoms with Crippen molar-refractivity contribution < 1.29 is 14.3 Å². The number of rotatable bonds is 8. The lowest BCUT2D eigenvalue weighted by atomic mass is 9.97.